The first kappa shape index (κ1) is 14.0. The summed E-state index contributed by atoms with van der Waals surface area (Å²) in [4.78, 5) is 4.57. The van der Waals surface area contributed by atoms with Crippen molar-refractivity contribution in [3.05, 3.63) is 29.8 Å². The van der Waals surface area contributed by atoms with E-state index in [0.29, 0.717) is 13.2 Å². The van der Waals surface area contributed by atoms with E-state index in [-0.39, 0.29) is 11.9 Å². The number of methoxy groups -OCH3 is 1. The van der Waals surface area contributed by atoms with E-state index in [2.05, 4.69) is 28.7 Å². The van der Waals surface area contributed by atoms with Crippen molar-refractivity contribution >= 4 is 11.0 Å². The maximum atomic E-state index is 13.4. The highest BCUT2D eigenvalue weighted by Gasteiger charge is 2.13. The first-order chi connectivity index (χ1) is 9.13. The van der Waals surface area contributed by atoms with Crippen molar-refractivity contribution in [3.8, 4) is 0 Å². The van der Waals surface area contributed by atoms with Crippen LogP contribution in [0.25, 0.3) is 11.0 Å². The molecule has 19 heavy (non-hydrogen) atoms. The molecule has 0 saturated carbocycles. The van der Waals surface area contributed by atoms with Gasteiger partial charge in [-0.15, -0.1) is 0 Å². The SMILES string of the molecule is COCCNCc1nc2ccc(F)cc2n1C(C)C. The van der Waals surface area contributed by atoms with Crippen molar-refractivity contribution in [1.82, 2.24) is 14.9 Å². The largest absolute Gasteiger partial charge is 0.383 e. The predicted molar refractivity (Wildman–Crippen MR) is 73.7 cm³/mol. The van der Waals surface area contributed by atoms with Crippen LogP contribution in [0.2, 0.25) is 0 Å². The summed E-state index contributed by atoms with van der Waals surface area (Å²) in [6, 6.07) is 4.96. The zero-order chi connectivity index (χ0) is 13.8. The third-order valence-corrected chi connectivity index (χ3v) is 3.01. The Morgan fingerprint density at radius 3 is 2.89 bits per heavy atom. The van der Waals surface area contributed by atoms with Gasteiger partial charge in [0, 0.05) is 19.7 Å². The average molecular weight is 265 g/mol. The number of hydrogen-bond donors (Lipinski definition) is 1. The Hall–Kier alpha value is -1.46. The van der Waals surface area contributed by atoms with E-state index in [0.717, 1.165) is 23.4 Å². The zero-order valence-electron chi connectivity index (χ0n) is 11.6. The third-order valence-electron chi connectivity index (χ3n) is 3.01. The molecule has 0 spiro atoms. The molecule has 0 radical (unpaired) electrons. The number of nitrogens with one attached hydrogen (secondary N) is 1. The molecule has 0 aliphatic carbocycles. The van der Waals surface area contributed by atoms with Gasteiger partial charge in [0.2, 0.25) is 0 Å². The number of fused-ring (bicyclic) bond motifs is 1. The van der Waals surface area contributed by atoms with Crippen LogP contribution in [-0.2, 0) is 11.3 Å². The molecule has 2 rings (SSSR count). The number of imidazole rings is 1. The zero-order valence-corrected chi connectivity index (χ0v) is 11.6. The van der Waals surface area contributed by atoms with Gasteiger partial charge in [-0.05, 0) is 32.0 Å². The second-order valence-electron chi connectivity index (χ2n) is 4.79. The van der Waals surface area contributed by atoms with Crippen molar-refractivity contribution < 1.29 is 9.13 Å². The van der Waals surface area contributed by atoms with Crippen LogP contribution in [0.3, 0.4) is 0 Å². The monoisotopic (exact) mass is 265 g/mol. The highest BCUT2D eigenvalue weighted by molar-refractivity contribution is 5.76. The summed E-state index contributed by atoms with van der Waals surface area (Å²) in [5.41, 5.74) is 1.68. The van der Waals surface area contributed by atoms with Crippen molar-refractivity contribution in [2.75, 3.05) is 20.3 Å². The summed E-state index contributed by atoms with van der Waals surface area (Å²) in [5, 5.41) is 3.27. The van der Waals surface area contributed by atoms with Crippen molar-refractivity contribution in [1.29, 1.82) is 0 Å². The topological polar surface area (TPSA) is 39.1 Å². The van der Waals surface area contributed by atoms with Gasteiger partial charge in [0.15, 0.2) is 0 Å². The Balaban J connectivity index is 2.29. The van der Waals surface area contributed by atoms with Crippen LogP contribution in [0, 0.1) is 5.82 Å². The number of rotatable bonds is 6. The number of benzene rings is 1. The Morgan fingerprint density at radius 2 is 2.21 bits per heavy atom. The van der Waals surface area contributed by atoms with Crippen LogP contribution in [0.5, 0.6) is 0 Å². The van der Waals surface area contributed by atoms with Gasteiger partial charge in [-0.25, -0.2) is 9.37 Å². The van der Waals surface area contributed by atoms with Gasteiger partial charge in [-0.1, -0.05) is 0 Å². The van der Waals surface area contributed by atoms with Gasteiger partial charge >= 0.3 is 0 Å². The summed E-state index contributed by atoms with van der Waals surface area (Å²) in [6.07, 6.45) is 0. The lowest BCUT2D eigenvalue weighted by atomic mass is 10.3. The predicted octanol–water partition coefficient (Wildman–Crippen LogP) is 2.49. The Bertz CT molecular complexity index is 551. The molecule has 0 bridgehead atoms. The number of hydrogen-bond acceptors (Lipinski definition) is 3. The van der Waals surface area contributed by atoms with Crippen molar-refractivity contribution in [2.24, 2.45) is 0 Å². The lowest BCUT2D eigenvalue weighted by Crippen LogP contribution is -2.21. The van der Waals surface area contributed by atoms with Gasteiger partial charge < -0.3 is 14.6 Å². The minimum absolute atomic E-state index is 0.229. The molecule has 1 aromatic carbocycles. The molecule has 1 heterocycles. The first-order valence-corrected chi connectivity index (χ1v) is 6.49. The van der Waals surface area contributed by atoms with Gasteiger partial charge in [0.1, 0.15) is 11.6 Å². The number of aromatic nitrogens is 2. The minimum Gasteiger partial charge on any atom is -0.383 e. The fourth-order valence-electron chi connectivity index (χ4n) is 2.19. The molecule has 5 heteroatoms. The molecule has 4 nitrogen and oxygen atoms in total. The van der Waals surface area contributed by atoms with Gasteiger partial charge in [-0.2, -0.15) is 0 Å². The minimum atomic E-state index is -0.229. The second kappa shape index (κ2) is 6.12. The number of halogens is 1. The molecule has 1 N–H and O–H groups in total. The van der Waals surface area contributed by atoms with Gasteiger partial charge in [0.05, 0.1) is 24.2 Å². The van der Waals surface area contributed by atoms with Crippen LogP contribution >= 0.6 is 0 Å². The van der Waals surface area contributed by atoms with Crippen LogP contribution in [0.4, 0.5) is 4.39 Å². The summed E-state index contributed by atoms with van der Waals surface area (Å²) in [5.74, 6) is 0.694. The summed E-state index contributed by atoms with van der Waals surface area (Å²) >= 11 is 0. The molecule has 0 amide bonds. The normalized spacial score (nSPS) is 11.6. The number of ether oxygens (including phenoxy) is 1. The fraction of sp³-hybridized carbons (Fsp3) is 0.500. The maximum Gasteiger partial charge on any atom is 0.125 e. The van der Waals surface area contributed by atoms with E-state index in [1.807, 2.05) is 0 Å². The molecule has 2 aromatic rings. The Labute approximate surface area is 112 Å². The highest BCUT2D eigenvalue weighted by atomic mass is 19.1. The maximum absolute atomic E-state index is 13.4. The fourth-order valence-corrected chi connectivity index (χ4v) is 2.19. The molecule has 0 fully saturated rings. The molecule has 0 aliphatic heterocycles. The van der Waals surface area contributed by atoms with Crippen molar-refractivity contribution in [2.45, 2.75) is 26.4 Å². The van der Waals surface area contributed by atoms with Gasteiger partial charge in [0.25, 0.3) is 0 Å². The molecule has 0 atom stereocenters. The van der Waals surface area contributed by atoms with E-state index in [9.17, 15) is 4.39 Å². The first-order valence-electron chi connectivity index (χ1n) is 6.49. The average Bonchev–Trinajstić information content (AvgIpc) is 2.72. The molecular formula is C14H20FN3O. The second-order valence-corrected chi connectivity index (χ2v) is 4.79. The standard InChI is InChI=1S/C14H20FN3O/c1-10(2)18-13-8-11(15)4-5-12(13)17-14(18)9-16-6-7-19-3/h4-5,8,10,16H,6-7,9H2,1-3H3. The van der Waals surface area contributed by atoms with Crippen LogP contribution in [-0.4, -0.2) is 29.8 Å². The van der Waals surface area contributed by atoms with Crippen molar-refractivity contribution in [3.63, 3.8) is 0 Å². The van der Waals surface area contributed by atoms with E-state index in [1.165, 1.54) is 6.07 Å². The third kappa shape index (κ3) is 3.11. The van der Waals surface area contributed by atoms with E-state index in [1.54, 1.807) is 19.2 Å². The van der Waals surface area contributed by atoms with Gasteiger partial charge in [-0.3, -0.25) is 0 Å². The molecular weight excluding hydrogens is 245 g/mol. The van der Waals surface area contributed by atoms with Crippen LogP contribution < -0.4 is 5.32 Å². The lowest BCUT2D eigenvalue weighted by Gasteiger charge is -2.13. The summed E-state index contributed by atoms with van der Waals surface area (Å²) in [7, 11) is 1.67. The lowest BCUT2D eigenvalue weighted by molar-refractivity contribution is 0.198. The molecule has 0 unspecified atom stereocenters. The van der Waals surface area contributed by atoms with E-state index < -0.39 is 0 Å². The smallest absolute Gasteiger partial charge is 0.125 e. The van der Waals surface area contributed by atoms with E-state index in [4.69, 9.17) is 4.74 Å². The van der Waals surface area contributed by atoms with Crippen LogP contribution in [0.15, 0.2) is 18.2 Å². The summed E-state index contributed by atoms with van der Waals surface area (Å²) < 4.78 is 20.4. The number of nitrogens with zero attached hydrogens (tertiary/aromatic N) is 2. The Morgan fingerprint density at radius 1 is 1.42 bits per heavy atom. The Kier molecular flexibility index (Phi) is 4.50. The molecule has 0 aliphatic rings. The highest BCUT2D eigenvalue weighted by Crippen LogP contribution is 2.21. The molecule has 104 valence electrons. The van der Waals surface area contributed by atoms with E-state index >= 15 is 0 Å². The summed E-state index contributed by atoms with van der Waals surface area (Å²) in [6.45, 7) is 6.23. The van der Waals surface area contributed by atoms with Crippen LogP contribution in [0.1, 0.15) is 25.7 Å². The molecule has 0 saturated heterocycles. The quantitative estimate of drug-likeness (QED) is 0.816. The molecule has 1 aromatic heterocycles.